The van der Waals surface area contributed by atoms with Gasteiger partial charge in [-0.1, -0.05) is 12.1 Å². The number of nitrogens with one attached hydrogen (secondary N) is 1. The van der Waals surface area contributed by atoms with E-state index in [1.807, 2.05) is 31.2 Å². The third-order valence-corrected chi connectivity index (χ3v) is 4.82. The van der Waals surface area contributed by atoms with Gasteiger partial charge in [0.15, 0.2) is 11.5 Å². The van der Waals surface area contributed by atoms with E-state index in [1.165, 1.54) is 14.2 Å². The van der Waals surface area contributed by atoms with E-state index >= 15 is 0 Å². The number of hydrogen-bond donors (Lipinski definition) is 1. The van der Waals surface area contributed by atoms with Gasteiger partial charge in [0.25, 0.3) is 5.56 Å². The molecule has 8 heteroatoms. The van der Waals surface area contributed by atoms with Crippen LogP contribution in [-0.4, -0.2) is 48.6 Å². The Balaban J connectivity index is 1.85. The van der Waals surface area contributed by atoms with Crippen LogP contribution in [0.25, 0.3) is 10.9 Å². The SMILES string of the molecule is CCN(Cc1nc2cc(OC)c(OC)cc2c(=O)[nH]1)C(=O)Cc1cccc(OC)c1. The molecular formula is C22H25N3O5. The lowest BCUT2D eigenvalue weighted by Crippen LogP contribution is -2.33. The van der Waals surface area contributed by atoms with Crippen molar-refractivity contribution in [1.29, 1.82) is 0 Å². The fraction of sp³-hybridized carbons (Fsp3) is 0.318. The van der Waals surface area contributed by atoms with Crippen LogP contribution in [0, 0.1) is 0 Å². The number of carbonyl (C=O) groups excluding carboxylic acids is 1. The van der Waals surface area contributed by atoms with Crippen molar-refractivity contribution < 1.29 is 19.0 Å². The largest absolute Gasteiger partial charge is 0.497 e. The van der Waals surface area contributed by atoms with E-state index in [9.17, 15) is 9.59 Å². The van der Waals surface area contributed by atoms with Gasteiger partial charge in [-0.25, -0.2) is 4.98 Å². The smallest absolute Gasteiger partial charge is 0.258 e. The Morgan fingerprint density at radius 1 is 1.07 bits per heavy atom. The molecule has 0 atom stereocenters. The molecule has 1 N–H and O–H groups in total. The number of ether oxygens (including phenoxy) is 3. The first-order chi connectivity index (χ1) is 14.5. The van der Waals surface area contributed by atoms with E-state index in [4.69, 9.17) is 14.2 Å². The summed E-state index contributed by atoms with van der Waals surface area (Å²) >= 11 is 0. The van der Waals surface area contributed by atoms with Gasteiger partial charge >= 0.3 is 0 Å². The predicted molar refractivity (Wildman–Crippen MR) is 113 cm³/mol. The molecule has 0 aliphatic heterocycles. The molecule has 3 aromatic rings. The summed E-state index contributed by atoms with van der Waals surface area (Å²) in [5.74, 6) is 1.97. The van der Waals surface area contributed by atoms with Crippen molar-refractivity contribution in [2.24, 2.45) is 0 Å². The average molecular weight is 411 g/mol. The minimum Gasteiger partial charge on any atom is -0.497 e. The Morgan fingerprint density at radius 2 is 1.80 bits per heavy atom. The first-order valence-electron chi connectivity index (χ1n) is 9.54. The van der Waals surface area contributed by atoms with Crippen LogP contribution in [0.4, 0.5) is 0 Å². The van der Waals surface area contributed by atoms with Crippen molar-refractivity contribution in [3.63, 3.8) is 0 Å². The van der Waals surface area contributed by atoms with E-state index in [2.05, 4.69) is 9.97 Å². The highest BCUT2D eigenvalue weighted by atomic mass is 16.5. The number of carbonyl (C=O) groups is 1. The van der Waals surface area contributed by atoms with E-state index in [0.29, 0.717) is 40.5 Å². The van der Waals surface area contributed by atoms with Crippen LogP contribution in [-0.2, 0) is 17.8 Å². The number of nitrogens with zero attached hydrogens (tertiary/aromatic N) is 2. The maximum atomic E-state index is 12.8. The van der Waals surface area contributed by atoms with Crippen LogP contribution in [0.15, 0.2) is 41.2 Å². The zero-order valence-electron chi connectivity index (χ0n) is 17.5. The van der Waals surface area contributed by atoms with Crippen molar-refractivity contribution >= 4 is 16.8 Å². The quantitative estimate of drug-likeness (QED) is 0.612. The summed E-state index contributed by atoms with van der Waals surface area (Å²) in [6, 6.07) is 10.6. The first-order valence-corrected chi connectivity index (χ1v) is 9.54. The summed E-state index contributed by atoms with van der Waals surface area (Å²) in [5, 5.41) is 0.391. The Labute approximate surface area is 174 Å². The third kappa shape index (κ3) is 4.53. The number of hydrogen-bond acceptors (Lipinski definition) is 6. The lowest BCUT2D eigenvalue weighted by Gasteiger charge is -2.20. The summed E-state index contributed by atoms with van der Waals surface area (Å²) < 4.78 is 15.8. The molecule has 0 spiro atoms. The van der Waals surface area contributed by atoms with Gasteiger partial charge in [-0.3, -0.25) is 9.59 Å². The maximum Gasteiger partial charge on any atom is 0.258 e. The fourth-order valence-electron chi connectivity index (χ4n) is 3.22. The van der Waals surface area contributed by atoms with Crippen LogP contribution in [0.5, 0.6) is 17.2 Å². The van der Waals surface area contributed by atoms with Crippen LogP contribution < -0.4 is 19.8 Å². The number of methoxy groups -OCH3 is 3. The maximum absolute atomic E-state index is 12.8. The number of likely N-dealkylation sites (N-methyl/N-ethyl adjacent to an activating group) is 1. The molecule has 1 heterocycles. The zero-order valence-corrected chi connectivity index (χ0v) is 17.5. The Morgan fingerprint density at radius 3 is 2.47 bits per heavy atom. The zero-order chi connectivity index (χ0) is 21.7. The molecule has 8 nitrogen and oxygen atoms in total. The van der Waals surface area contributed by atoms with Gasteiger partial charge in [-0.15, -0.1) is 0 Å². The molecule has 0 fully saturated rings. The number of fused-ring (bicyclic) bond motifs is 1. The summed E-state index contributed by atoms with van der Waals surface area (Å²) in [4.78, 5) is 34.3. The van der Waals surface area contributed by atoms with E-state index in [-0.39, 0.29) is 24.4 Å². The van der Waals surface area contributed by atoms with Gasteiger partial charge in [-0.05, 0) is 30.7 Å². The second-order valence-electron chi connectivity index (χ2n) is 6.67. The summed E-state index contributed by atoms with van der Waals surface area (Å²) in [7, 11) is 4.62. The number of benzene rings is 2. The molecule has 3 rings (SSSR count). The molecule has 0 radical (unpaired) electrons. The Bertz CT molecular complexity index is 1110. The standard InChI is InChI=1S/C22H25N3O5/c1-5-25(21(26)10-14-7-6-8-15(9-14)28-2)13-20-23-17-12-19(30-4)18(29-3)11-16(17)22(27)24-20/h6-9,11-12H,5,10,13H2,1-4H3,(H,23,24,27). The molecule has 0 bridgehead atoms. The summed E-state index contributed by atoms with van der Waals surface area (Å²) in [5.41, 5.74) is 1.03. The molecule has 0 saturated heterocycles. The number of rotatable bonds is 8. The number of amides is 1. The van der Waals surface area contributed by atoms with Crippen LogP contribution in [0.1, 0.15) is 18.3 Å². The van der Waals surface area contributed by atoms with Crippen LogP contribution in [0.3, 0.4) is 0 Å². The van der Waals surface area contributed by atoms with Crippen LogP contribution >= 0.6 is 0 Å². The molecular weight excluding hydrogens is 386 g/mol. The average Bonchev–Trinajstić information content (AvgIpc) is 2.76. The molecule has 0 unspecified atom stereocenters. The highest BCUT2D eigenvalue weighted by Gasteiger charge is 2.16. The summed E-state index contributed by atoms with van der Waals surface area (Å²) in [6.45, 7) is 2.56. The van der Waals surface area contributed by atoms with Gasteiger partial charge in [0.2, 0.25) is 5.91 Å². The van der Waals surface area contributed by atoms with Gasteiger partial charge in [0.05, 0.1) is 45.2 Å². The second-order valence-corrected chi connectivity index (χ2v) is 6.67. The number of aromatic amines is 1. The molecule has 158 valence electrons. The van der Waals surface area contributed by atoms with Crippen molar-refractivity contribution in [3.05, 3.63) is 58.1 Å². The highest BCUT2D eigenvalue weighted by molar-refractivity contribution is 5.82. The molecule has 1 amide bonds. The fourth-order valence-corrected chi connectivity index (χ4v) is 3.22. The number of aromatic nitrogens is 2. The molecule has 0 aliphatic carbocycles. The first kappa shape index (κ1) is 21.2. The van der Waals surface area contributed by atoms with Crippen molar-refractivity contribution in [2.75, 3.05) is 27.9 Å². The van der Waals surface area contributed by atoms with E-state index < -0.39 is 0 Å². The Kier molecular flexibility index (Phi) is 6.56. The van der Waals surface area contributed by atoms with E-state index in [0.717, 1.165) is 5.56 Å². The van der Waals surface area contributed by atoms with Gasteiger partial charge in [-0.2, -0.15) is 0 Å². The monoisotopic (exact) mass is 411 g/mol. The molecule has 1 aromatic heterocycles. The lowest BCUT2D eigenvalue weighted by atomic mass is 10.1. The topological polar surface area (TPSA) is 93.8 Å². The minimum absolute atomic E-state index is 0.0687. The molecule has 30 heavy (non-hydrogen) atoms. The highest BCUT2D eigenvalue weighted by Crippen LogP contribution is 2.30. The number of H-pyrrole nitrogens is 1. The van der Waals surface area contributed by atoms with Gasteiger partial charge in [0.1, 0.15) is 11.6 Å². The predicted octanol–water partition coefficient (Wildman–Crippen LogP) is 2.54. The van der Waals surface area contributed by atoms with E-state index in [1.54, 1.807) is 24.1 Å². The molecule has 2 aromatic carbocycles. The van der Waals surface area contributed by atoms with Crippen LogP contribution in [0.2, 0.25) is 0 Å². The second kappa shape index (κ2) is 9.30. The molecule has 0 saturated carbocycles. The Hall–Kier alpha value is -3.55. The molecule has 0 aliphatic rings. The summed E-state index contributed by atoms with van der Waals surface area (Å²) in [6.07, 6.45) is 0.230. The normalized spacial score (nSPS) is 10.7. The van der Waals surface area contributed by atoms with Gasteiger partial charge in [0, 0.05) is 12.6 Å². The van der Waals surface area contributed by atoms with Crippen molar-refractivity contribution in [2.45, 2.75) is 19.9 Å². The minimum atomic E-state index is -0.299. The lowest BCUT2D eigenvalue weighted by molar-refractivity contribution is -0.131. The van der Waals surface area contributed by atoms with Crippen molar-refractivity contribution in [1.82, 2.24) is 14.9 Å². The van der Waals surface area contributed by atoms with Crippen molar-refractivity contribution in [3.8, 4) is 17.2 Å². The van der Waals surface area contributed by atoms with Gasteiger partial charge < -0.3 is 24.1 Å². The third-order valence-electron chi connectivity index (χ3n) is 4.82.